The topological polar surface area (TPSA) is 55.8 Å². The summed E-state index contributed by atoms with van der Waals surface area (Å²) in [7, 11) is -3.96. The Morgan fingerprint density at radius 1 is 0.826 bits per heavy atom. The van der Waals surface area contributed by atoms with Gasteiger partial charge in [-0.15, -0.1) is 0 Å². The molecule has 0 bridgehead atoms. The fourth-order valence-electron chi connectivity index (χ4n) is 2.32. The van der Waals surface area contributed by atoms with Crippen LogP contribution in [0.3, 0.4) is 0 Å². The van der Waals surface area contributed by atoms with Crippen molar-refractivity contribution in [3.63, 3.8) is 0 Å². The fourth-order valence-corrected chi connectivity index (χ4v) is 5.29. The molecule has 0 aromatic heterocycles. The summed E-state index contributed by atoms with van der Waals surface area (Å²) in [6.45, 7) is 4.35. The second kappa shape index (κ2) is 15.8. The predicted octanol–water partition coefficient (Wildman–Crippen LogP) is 6.67. The Kier molecular flexibility index (Phi) is 16.9. The largest absolute Gasteiger partial charge is 0.472 e. The SMILES string of the molecule is CCCCCCC(CI)OP(=O)(O)OC(CI)CCCCCC. The molecule has 0 aromatic carbocycles. The summed E-state index contributed by atoms with van der Waals surface area (Å²) in [5.74, 6) is 0. The Morgan fingerprint density at radius 3 is 1.52 bits per heavy atom. The molecular formula is C16H33I2O4P. The van der Waals surface area contributed by atoms with Crippen LogP contribution in [0.25, 0.3) is 0 Å². The van der Waals surface area contributed by atoms with Crippen LogP contribution in [0.2, 0.25) is 0 Å². The van der Waals surface area contributed by atoms with Gasteiger partial charge in [0.25, 0.3) is 0 Å². The van der Waals surface area contributed by atoms with Gasteiger partial charge in [0.05, 0.1) is 12.2 Å². The van der Waals surface area contributed by atoms with Gasteiger partial charge in [0.15, 0.2) is 0 Å². The molecule has 2 atom stereocenters. The molecule has 140 valence electrons. The molecule has 0 aliphatic carbocycles. The lowest BCUT2D eigenvalue weighted by atomic mass is 10.1. The monoisotopic (exact) mass is 574 g/mol. The van der Waals surface area contributed by atoms with Crippen LogP contribution in [0.1, 0.15) is 78.1 Å². The summed E-state index contributed by atoms with van der Waals surface area (Å²) in [6.07, 6.45) is 10.4. The van der Waals surface area contributed by atoms with Gasteiger partial charge in [-0.3, -0.25) is 9.05 Å². The van der Waals surface area contributed by atoms with Crippen LogP contribution >= 0.6 is 53.0 Å². The minimum Gasteiger partial charge on any atom is -0.302 e. The van der Waals surface area contributed by atoms with Gasteiger partial charge in [0.2, 0.25) is 0 Å². The van der Waals surface area contributed by atoms with E-state index in [0.29, 0.717) is 8.86 Å². The molecule has 0 saturated heterocycles. The molecule has 7 heteroatoms. The molecule has 0 radical (unpaired) electrons. The second-order valence-electron chi connectivity index (χ2n) is 5.93. The summed E-state index contributed by atoms with van der Waals surface area (Å²) in [5.41, 5.74) is 0. The van der Waals surface area contributed by atoms with Crippen molar-refractivity contribution in [3.05, 3.63) is 0 Å². The Bertz CT molecular complexity index is 292. The van der Waals surface area contributed by atoms with Gasteiger partial charge in [-0.2, -0.15) is 0 Å². The lowest BCUT2D eigenvalue weighted by Crippen LogP contribution is -2.18. The molecule has 0 amide bonds. The van der Waals surface area contributed by atoms with Gasteiger partial charge in [0.1, 0.15) is 0 Å². The van der Waals surface area contributed by atoms with E-state index < -0.39 is 7.82 Å². The smallest absolute Gasteiger partial charge is 0.302 e. The van der Waals surface area contributed by atoms with E-state index in [-0.39, 0.29) is 12.2 Å². The number of hydrogen-bond donors (Lipinski definition) is 1. The Balaban J connectivity index is 4.20. The molecule has 0 aromatic rings. The minimum atomic E-state index is -3.96. The Morgan fingerprint density at radius 2 is 1.22 bits per heavy atom. The molecule has 0 fully saturated rings. The van der Waals surface area contributed by atoms with E-state index in [1.54, 1.807) is 0 Å². The zero-order valence-electron chi connectivity index (χ0n) is 14.5. The minimum absolute atomic E-state index is 0.196. The number of alkyl halides is 2. The van der Waals surface area contributed by atoms with Crippen molar-refractivity contribution in [2.24, 2.45) is 0 Å². The van der Waals surface area contributed by atoms with E-state index >= 15 is 0 Å². The lowest BCUT2D eigenvalue weighted by molar-refractivity contribution is 0.0831. The first-order valence-electron chi connectivity index (χ1n) is 8.80. The van der Waals surface area contributed by atoms with Crippen LogP contribution in [-0.2, 0) is 13.6 Å². The van der Waals surface area contributed by atoms with Crippen molar-refractivity contribution in [1.29, 1.82) is 0 Å². The first-order valence-corrected chi connectivity index (χ1v) is 13.3. The standard InChI is InChI=1S/C16H33I2O4P/c1-3-5-7-9-11-15(13-17)21-23(19,20)22-16(14-18)12-10-8-6-4-2/h15-16H,3-14H2,1-2H3,(H,19,20). The van der Waals surface area contributed by atoms with E-state index in [4.69, 9.17) is 9.05 Å². The summed E-state index contributed by atoms with van der Waals surface area (Å²) in [5, 5.41) is 0. The Hall–Kier alpha value is 1.57. The maximum atomic E-state index is 12.2. The quantitative estimate of drug-likeness (QED) is 0.0970. The van der Waals surface area contributed by atoms with Crippen LogP contribution in [0.15, 0.2) is 0 Å². The van der Waals surface area contributed by atoms with Gasteiger partial charge in [0, 0.05) is 8.86 Å². The van der Waals surface area contributed by atoms with Crippen LogP contribution in [-0.4, -0.2) is 26.0 Å². The van der Waals surface area contributed by atoms with E-state index in [2.05, 4.69) is 59.0 Å². The van der Waals surface area contributed by atoms with Crippen molar-refractivity contribution in [1.82, 2.24) is 0 Å². The van der Waals surface area contributed by atoms with Crippen molar-refractivity contribution < 1.29 is 18.5 Å². The maximum Gasteiger partial charge on any atom is 0.472 e. The summed E-state index contributed by atoms with van der Waals surface area (Å²) < 4.78 is 24.5. The third kappa shape index (κ3) is 14.4. The van der Waals surface area contributed by atoms with E-state index in [1.165, 1.54) is 25.7 Å². The van der Waals surface area contributed by atoms with Crippen molar-refractivity contribution in [2.45, 2.75) is 90.3 Å². The average Bonchev–Trinajstić information content (AvgIpc) is 2.53. The average molecular weight is 574 g/mol. The second-order valence-corrected chi connectivity index (χ2v) is 9.05. The third-order valence-corrected chi connectivity index (χ3v) is 6.76. The molecule has 0 spiro atoms. The highest BCUT2D eigenvalue weighted by Gasteiger charge is 2.29. The van der Waals surface area contributed by atoms with E-state index in [9.17, 15) is 9.46 Å². The first-order chi connectivity index (χ1) is 11.0. The molecule has 0 saturated carbocycles. The number of halogens is 2. The molecule has 1 N–H and O–H groups in total. The summed E-state index contributed by atoms with van der Waals surface area (Å²) in [6, 6.07) is 0. The molecule has 0 heterocycles. The molecule has 23 heavy (non-hydrogen) atoms. The van der Waals surface area contributed by atoms with Crippen LogP contribution in [0.4, 0.5) is 0 Å². The van der Waals surface area contributed by atoms with Gasteiger partial charge in [-0.05, 0) is 12.8 Å². The fraction of sp³-hybridized carbons (Fsp3) is 1.00. The first kappa shape index (κ1) is 24.6. The van der Waals surface area contributed by atoms with Crippen molar-refractivity contribution >= 4 is 53.0 Å². The summed E-state index contributed by atoms with van der Waals surface area (Å²) in [4.78, 5) is 10.0. The third-order valence-electron chi connectivity index (χ3n) is 3.67. The number of hydrogen-bond acceptors (Lipinski definition) is 3. The van der Waals surface area contributed by atoms with Crippen LogP contribution < -0.4 is 0 Å². The van der Waals surface area contributed by atoms with E-state index in [1.807, 2.05) is 0 Å². The zero-order valence-corrected chi connectivity index (χ0v) is 19.7. The van der Waals surface area contributed by atoms with Crippen molar-refractivity contribution in [3.8, 4) is 0 Å². The predicted molar refractivity (Wildman–Crippen MR) is 115 cm³/mol. The van der Waals surface area contributed by atoms with Gasteiger partial charge >= 0.3 is 7.82 Å². The molecule has 0 aliphatic rings. The number of phosphoric acid groups is 1. The molecule has 0 aliphatic heterocycles. The summed E-state index contributed by atoms with van der Waals surface area (Å²) >= 11 is 4.42. The lowest BCUT2D eigenvalue weighted by Gasteiger charge is -2.23. The van der Waals surface area contributed by atoms with Gasteiger partial charge in [-0.25, -0.2) is 4.57 Å². The number of phosphoric ester groups is 1. The molecule has 2 unspecified atom stereocenters. The molecule has 0 rings (SSSR count). The highest BCUT2D eigenvalue weighted by atomic mass is 127. The van der Waals surface area contributed by atoms with Crippen LogP contribution in [0.5, 0.6) is 0 Å². The normalized spacial score (nSPS) is 16.9. The highest BCUT2D eigenvalue weighted by molar-refractivity contribution is 14.1. The van der Waals surface area contributed by atoms with Gasteiger partial charge in [-0.1, -0.05) is 110 Å². The van der Waals surface area contributed by atoms with Crippen LogP contribution in [0, 0.1) is 0 Å². The highest BCUT2D eigenvalue weighted by Crippen LogP contribution is 2.47. The number of rotatable bonds is 16. The van der Waals surface area contributed by atoms with Gasteiger partial charge < -0.3 is 4.89 Å². The molecular weight excluding hydrogens is 541 g/mol. The van der Waals surface area contributed by atoms with Crippen molar-refractivity contribution in [2.75, 3.05) is 8.86 Å². The maximum absolute atomic E-state index is 12.2. The molecule has 4 nitrogen and oxygen atoms in total. The zero-order chi connectivity index (χ0) is 17.6. The number of unbranched alkanes of at least 4 members (excludes halogenated alkanes) is 6. The van der Waals surface area contributed by atoms with E-state index in [0.717, 1.165) is 38.5 Å². The Labute approximate surface area is 169 Å².